The van der Waals surface area contributed by atoms with Gasteiger partial charge in [0.1, 0.15) is 0 Å². The molecule has 2 aliphatic rings. The van der Waals surface area contributed by atoms with E-state index in [9.17, 15) is 0 Å². The Kier molecular flexibility index (Phi) is 7.28. The lowest BCUT2D eigenvalue weighted by Gasteiger charge is -2.20. The van der Waals surface area contributed by atoms with Gasteiger partial charge in [-0.05, 0) is 58.7 Å². The molecule has 3 unspecified atom stereocenters. The first-order valence-electron chi connectivity index (χ1n) is 8.43. The molecule has 2 aliphatic heterocycles. The Balaban J connectivity index is 1.48. The number of hydrogen-bond donors (Lipinski definition) is 1. The van der Waals surface area contributed by atoms with Crippen molar-refractivity contribution < 1.29 is 9.47 Å². The van der Waals surface area contributed by atoms with Crippen molar-refractivity contribution in [3.8, 4) is 0 Å². The number of likely N-dealkylation sites (tertiary alicyclic amines) is 1. The Morgan fingerprint density at radius 1 is 1.25 bits per heavy atom. The Bertz CT molecular complexity index is 263. The van der Waals surface area contributed by atoms with Gasteiger partial charge < -0.3 is 19.7 Å². The van der Waals surface area contributed by atoms with Crippen molar-refractivity contribution in [2.45, 2.75) is 63.7 Å². The lowest BCUT2D eigenvalue weighted by atomic mass is 10.1. The van der Waals surface area contributed by atoms with Gasteiger partial charge in [-0.15, -0.1) is 0 Å². The summed E-state index contributed by atoms with van der Waals surface area (Å²) in [4.78, 5) is 2.46. The van der Waals surface area contributed by atoms with Crippen molar-refractivity contribution in [3.63, 3.8) is 0 Å². The van der Waals surface area contributed by atoms with Crippen LogP contribution >= 0.6 is 0 Å². The third-order valence-electron chi connectivity index (χ3n) is 4.56. The highest BCUT2D eigenvalue weighted by molar-refractivity contribution is 4.77. The van der Waals surface area contributed by atoms with Crippen LogP contribution in [0.5, 0.6) is 0 Å². The van der Waals surface area contributed by atoms with Gasteiger partial charge in [-0.1, -0.05) is 6.92 Å². The summed E-state index contributed by atoms with van der Waals surface area (Å²) in [5.74, 6) is 0. The van der Waals surface area contributed by atoms with Gasteiger partial charge in [-0.2, -0.15) is 0 Å². The molecule has 2 fully saturated rings. The molecule has 2 heterocycles. The van der Waals surface area contributed by atoms with Gasteiger partial charge in [0.25, 0.3) is 0 Å². The standard InChI is InChI=1S/C16H32N2O2/c1-3-9-17-12-15-6-7-16(20-15)13-19-11-8-14-5-4-10-18(14)2/h14-17H,3-13H2,1-2H3. The van der Waals surface area contributed by atoms with Crippen molar-refractivity contribution in [3.05, 3.63) is 0 Å². The zero-order chi connectivity index (χ0) is 14.2. The number of rotatable bonds is 9. The van der Waals surface area contributed by atoms with Crippen molar-refractivity contribution in [2.75, 3.05) is 39.9 Å². The highest BCUT2D eigenvalue weighted by Gasteiger charge is 2.25. The quantitative estimate of drug-likeness (QED) is 0.657. The Morgan fingerprint density at radius 2 is 2.10 bits per heavy atom. The second-order valence-electron chi connectivity index (χ2n) is 6.30. The molecule has 0 amide bonds. The van der Waals surface area contributed by atoms with Crippen LogP contribution in [0.3, 0.4) is 0 Å². The summed E-state index contributed by atoms with van der Waals surface area (Å²) in [5, 5.41) is 3.44. The van der Waals surface area contributed by atoms with Gasteiger partial charge in [0.15, 0.2) is 0 Å². The third kappa shape index (κ3) is 5.32. The Labute approximate surface area is 124 Å². The molecule has 0 bridgehead atoms. The molecular weight excluding hydrogens is 252 g/mol. The molecule has 0 aromatic carbocycles. The fraction of sp³-hybridized carbons (Fsp3) is 1.00. The van der Waals surface area contributed by atoms with Gasteiger partial charge in [-0.25, -0.2) is 0 Å². The van der Waals surface area contributed by atoms with E-state index < -0.39 is 0 Å². The van der Waals surface area contributed by atoms with Crippen LogP contribution in [-0.2, 0) is 9.47 Å². The minimum absolute atomic E-state index is 0.324. The fourth-order valence-electron chi connectivity index (χ4n) is 3.27. The minimum Gasteiger partial charge on any atom is -0.379 e. The van der Waals surface area contributed by atoms with Crippen LogP contribution in [0.15, 0.2) is 0 Å². The van der Waals surface area contributed by atoms with Gasteiger partial charge in [0.2, 0.25) is 0 Å². The first-order chi connectivity index (χ1) is 9.79. The molecule has 1 N–H and O–H groups in total. The average Bonchev–Trinajstić information content (AvgIpc) is 3.05. The molecule has 0 aromatic rings. The summed E-state index contributed by atoms with van der Waals surface area (Å²) in [6.45, 7) is 7.20. The molecule has 0 saturated carbocycles. The Morgan fingerprint density at radius 3 is 2.85 bits per heavy atom. The average molecular weight is 284 g/mol. The van der Waals surface area contributed by atoms with Gasteiger partial charge in [0.05, 0.1) is 18.8 Å². The summed E-state index contributed by atoms with van der Waals surface area (Å²) in [7, 11) is 2.23. The molecule has 4 nitrogen and oxygen atoms in total. The van der Waals surface area contributed by atoms with Crippen molar-refractivity contribution >= 4 is 0 Å². The lowest BCUT2D eigenvalue weighted by Crippen LogP contribution is -2.29. The number of nitrogens with zero attached hydrogens (tertiary/aromatic N) is 1. The summed E-state index contributed by atoms with van der Waals surface area (Å²) in [6.07, 6.45) is 8.10. The first-order valence-corrected chi connectivity index (χ1v) is 8.43. The van der Waals surface area contributed by atoms with Crippen LogP contribution in [0.4, 0.5) is 0 Å². The molecule has 0 aromatic heterocycles. The lowest BCUT2D eigenvalue weighted by molar-refractivity contribution is -0.0170. The molecule has 0 radical (unpaired) electrons. The van der Waals surface area contributed by atoms with E-state index in [4.69, 9.17) is 9.47 Å². The van der Waals surface area contributed by atoms with E-state index >= 15 is 0 Å². The largest absolute Gasteiger partial charge is 0.379 e. The molecule has 0 aliphatic carbocycles. The molecular formula is C16H32N2O2. The van der Waals surface area contributed by atoms with Gasteiger partial charge in [-0.3, -0.25) is 0 Å². The van der Waals surface area contributed by atoms with E-state index in [0.29, 0.717) is 12.2 Å². The van der Waals surface area contributed by atoms with E-state index in [1.54, 1.807) is 0 Å². The predicted octanol–water partition coefficient (Wildman–Crippen LogP) is 2.03. The molecule has 0 spiro atoms. The van der Waals surface area contributed by atoms with Crippen LogP contribution in [-0.4, -0.2) is 63.0 Å². The van der Waals surface area contributed by atoms with Crippen molar-refractivity contribution in [1.82, 2.24) is 10.2 Å². The zero-order valence-electron chi connectivity index (χ0n) is 13.3. The zero-order valence-corrected chi connectivity index (χ0v) is 13.3. The van der Waals surface area contributed by atoms with Crippen molar-refractivity contribution in [1.29, 1.82) is 0 Å². The Hall–Kier alpha value is -0.160. The monoisotopic (exact) mass is 284 g/mol. The van der Waals surface area contributed by atoms with Gasteiger partial charge >= 0.3 is 0 Å². The first kappa shape index (κ1) is 16.2. The summed E-state index contributed by atoms with van der Waals surface area (Å²) in [6, 6.07) is 0.741. The molecule has 118 valence electrons. The van der Waals surface area contributed by atoms with Crippen LogP contribution in [0.2, 0.25) is 0 Å². The second kappa shape index (κ2) is 8.98. The van der Waals surface area contributed by atoms with Crippen LogP contribution in [0.1, 0.15) is 45.4 Å². The van der Waals surface area contributed by atoms with E-state index in [1.165, 1.54) is 38.6 Å². The summed E-state index contributed by atoms with van der Waals surface area (Å²) in [5.41, 5.74) is 0. The van der Waals surface area contributed by atoms with Crippen LogP contribution in [0.25, 0.3) is 0 Å². The van der Waals surface area contributed by atoms with Gasteiger partial charge in [0, 0.05) is 19.2 Å². The van der Waals surface area contributed by atoms with E-state index in [1.807, 2.05) is 0 Å². The fourth-order valence-corrected chi connectivity index (χ4v) is 3.27. The molecule has 3 atom stereocenters. The normalized spacial score (nSPS) is 31.2. The molecule has 4 heteroatoms. The number of nitrogens with one attached hydrogen (secondary N) is 1. The van der Waals surface area contributed by atoms with Crippen LogP contribution < -0.4 is 5.32 Å². The van der Waals surface area contributed by atoms with E-state index in [0.717, 1.165) is 38.8 Å². The number of ether oxygens (including phenoxy) is 2. The summed E-state index contributed by atoms with van der Waals surface area (Å²) >= 11 is 0. The maximum absolute atomic E-state index is 6.00. The highest BCUT2D eigenvalue weighted by atomic mass is 16.5. The highest BCUT2D eigenvalue weighted by Crippen LogP contribution is 2.20. The molecule has 2 rings (SSSR count). The SMILES string of the molecule is CCCNCC1CCC(COCCC2CCCN2C)O1. The van der Waals surface area contributed by atoms with E-state index in [2.05, 4.69) is 24.2 Å². The maximum Gasteiger partial charge on any atom is 0.0813 e. The molecule has 20 heavy (non-hydrogen) atoms. The predicted molar refractivity (Wildman–Crippen MR) is 82.1 cm³/mol. The molecule has 2 saturated heterocycles. The van der Waals surface area contributed by atoms with E-state index in [-0.39, 0.29) is 0 Å². The van der Waals surface area contributed by atoms with Crippen LogP contribution in [0, 0.1) is 0 Å². The number of hydrogen-bond acceptors (Lipinski definition) is 4. The maximum atomic E-state index is 6.00. The van der Waals surface area contributed by atoms with Crippen molar-refractivity contribution in [2.24, 2.45) is 0 Å². The summed E-state index contributed by atoms with van der Waals surface area (Å²) < 4.78 is 11.8. The third-order valence-corrected chi connectivity index (χ3v) is 4.56. The minimum atomic E-state index is 0.324. The topological polar surface area (TPSA) is 33.7 Å². The second-order valence-corrected chi connectivity index (χ2v) is 6.30. The smallest absolute Gasteiger partial charge is 0.0813 e.